The second-order valence-electron chi connectivity index (χ2n) is 5.15. The topological polar surface area (TPSA) is 49.4 Å². The molecule has 0 aromatic rings. The van der Waals surface area contributed by atoms with E-state index in [9.17, 15) is 9.00 Å². The van der Waals surface area contributed by atoms with Gasteiger partial charge in [-0.1, -0.05) is 20.8 Å². The summed E-state index contributed by atoms with van der Waals surface area (Å²) in [7, 11) is -0.870. The molecule has 1 saturated heterocycles. The molecule has 1 amide bonds. The Labute approximate surface area is 107 Å². The molecule has 0 radical (unpaired) electrons. The molecule has 1 aliphatic heterocycles. The highest BCUT2D eigenvalue weighted by atomic mass is 32.2. The first-order chi connectivity index (χ1) is 7.88. The van der Waals surface area contributed by atoms with Crippen LogP contribution in [-0.2, 0) is 15.6 Å². The zero-order valence-corrected chi connectivity index (χ0v) is 12.2. The first-order valence-corrected chi connectivity index (χ1v) is 7.99. The summed E-state index contributed by atoms with van der Waals surface area (Å²) in [4.78, 5) is 14.1. The van der Waals surface area contributed by atoms with Crippen LogP contribution in [0.2, 0.25) is 0 Å². The van der Waals surface area contributed by atoms with Gasteiger partial charge in [0.1, 0.15) is 0 Å². The summed E-state index contributed by atoms with van der Waals surface area (Å²) < 4.78 is 11.3. The molecular weight excluding hydrogens is 236 g/mol. The van der Waals surface area contributed by atoms with Gasteiger partial charge in [-0.2, -0.15) is 0 Å². The van der Waals surface area contributed by atoms with Crippen LogP contribution < -0.4 is 5.32 Å². The average Bonchev–Trinajstić information content (AvgIpc) is 2.54. The molecule has 0 saturated carbocycles. The molecule has 1 heterocycles. The summed E-state index contributed by atoms with van der Waals surface area (Å²) in [5.41, 5.74) is 0. The zero-order valence-electron chi connectivity index (χ0n) is 11.4. The Morgan fingerprint density at radius 1 is 1.41 bits per heavy atom. The van der Waals surface area contributed by atoms with E-state index in [1.807, 2.05) is 18.7 Å². The smallest absolute Gasteiger partial charge is 0.241 e. The largest absolute Gasteiger partial charge is 0.322 e. The lowest BCUT2D eigenvalue weighted by Gasteiger charge is -2.32. The molecular formula is C12H24N2O2S. The zero-order chi connectivity index (χ0) is 13.2. The van der Waals surface area contributed by atoms with Crippen LogP contribution in [0.25, 0.3) is 0 Å². The molecule has 0 spiro atoms. The van der Waals surface area contributed by atoms with Crippen LogP contribution in [-0.4, -0.2) is 45.3 Å². The van der Waals surface area contributed by atoms with Gasteiger partial charge in [0.05, 0.1) is 12.2 Å². The highest BCUT2D eigenvalue weighted by Gasteiger charge is 2.41. The molecule has 0 aromatic heterocycles. The minimum atomic E-state index is -0.870. The minimum Gasteiger partial charge on any atom is -0.322 e. The third-order valence-corrected chi connectivity index (χ3v) is 4.17. The van der Waals surface area contributed by atoms with Gasteiger partial charge in [-0.15, -0.1) is 0 Å². The van der Waals surface area contributed by atoms with Crippen molar-refractivity contribution in [2.75, 3.05) is 12.0 Å². The van der Waals surface area contributed by atoms with Crippen LogP contribution in [0.15, 0.2) is 0 Å². The lowest BCUT2D eigenvalue weighted by Crippen LogP contribution is -2.48. The SMILES string of the molecule is CCC1NC(C(C)C)N(C(C)CS(C)=O)C1=O. The van der Waals surface area contributed by atoms with E-state index in [1.54, 1.807) is 6.26 Å². The van der Waals surface area contributed by atoms with Crippen LogP contribution >= 0.6 is 0 Å². The molecule has 1 fully saturated rings. The molecule has 5 heteroatoms. The van der Waals surface area contributed by atoms with Gasteiger partial charge in [0.25, 0.3) is 0 Å². The number of carbonyl (C=O) groups excluding carboxylic acids is 1. The van der Waals surface area contributed by atoms with E-state index < -0.39 is 10.8 Å². The van der Waals surface area contributed by atoms with E-state index in [2.05, 4.69) is 19.2 Å². The number of hydrogen-bond acceptors (Lipinski definition) is 3. The van der Waals surface area contributed by atoms with Crippen LogP contribution in [0.4, 0.5) is 0 Å². The fourth-order valence-corrected chi connectivity index (χ4v) is 3.23. The molecule has 1 aliphatic rings. The fraction of sp³-hybridized carbons (Fsp3) is 0.917. The van der Waals surface area contributed by atoms with E-state index in [4.69, 9.17) is 0 Å². The summed E-state index contributed by atoms with van der Waals surface area (Å²) in [5, 5.41) is 3.37. The maximum Gasteiger partial charge on any atom is 0.241 e. The second-order valence-corrected chi connectivity index (χ2v) is 6.63. The Hall–Kier alpha value is -0.420. The summed E-state index contributed by atoms with van der Waals surface area (Å²) in [6.07, 6.45) is 2.57. The van der Waals surface area contributed by atoms with Crippen molar-refractivity contribution >= 4 is 16.7 Å². The summed E-state index contributed by atoms with van der Waals surface area (Å²) in [6.45, 7) is 8.20. The predicted octanol–water partition coefficient (Wildman–Crippen LogP) is 0.946. The Balaban J connectivity index is 2.84. The molecule has 1 N–H and O–H groups in total. The van der Waals surface area contributed by atoms with Crippen LogP contribution in [0.5, 0.6) is 0 Å². The van der Waals surface area contributed by atoms with E-state index in [-0.39, 0.29) is 24.2 Å². The van der Waals surface area contributed by atoms with Crippen LogP contribution in [0, 0.1) is 5.92 Å². The van der Waals surface area contributed by atoms with Crippen molar-refractivity contribution < 1.29 is 9.00 Å². The molecule has 4 atom stereocenters. The normalized spacial score (nSPS) is 28.8. The first kappa shape index (κ1) is 14.6. The number of carbonyl (C=O) groups is 1. The molecule has 1 rings (SSSR count). The standard InChI is InChI=1S/C12H24N2O2S/c1-6-10-12(15)14(9(4)7-17(5)16)11(13-10)8(2)3/h8-11,13H,6-7H2,1-5H3. The maximum atomic E-state index is 12.2. The monoisotopic (exact) mass is 260 g/mol. The van der Waals surface area contributed by atoms with Gasteiger partial charge in [0.2, 0.25) is 5.91 Å². The van der Waals surface area contributed by atoms with Gasteiger partial charge in [0.15, 0.2) is 0 Å². The van der Waals surface area contributed by atoms with Gasteiger partial charge >= 0.3 is 0 Å². The third kappa shape index (κ3) is 3.28. The quantitative estimate of drug-likeness (QED) is 0.800. The average molecular weight is 260 g/mol. The number of nitrogens with zero attached hydrogens (tertiary/aromatic N) is 1. The minimum absolute atomic E-state index is 0.0322. The Morgan fingerprint density at radius 3 is 2.41 bits per heavy atom. The second kappa shape index (κ2) is 5.96. The maximum absolute atomic E-state index is 12.2. The molecule has 100 valence electrons. The highest BCUT2D eigenvalue weighted by Crippen LogP contribution is 2.22. The van der Waals surface area contributed by atoms with Gasteiger partial charge in [-0.3, -0.25) is 14.3 Å². The number of nitrogens with one attached hydrogen (secondary N) is 1. The van der Waals surface area contributed by atoms with Crippen molar-refractivity contribution in [1.29, 1.82) is 0 Å². The third-order valence-electron chi connectivity index (χ3n) is 3.21. The summed E-state index contributed by atoms with van der Waals surface area (Å²) in [5.74, 6) is 1.07. The summed E-state index contributed by atoms with van der Waals surface area (Å²) >= 11 is 0. The Bertz CT molecular complexity index is 307. The molecule has 0 aliphatic carbocycles. The van der Waals surface area contributed by atoms with Gasteiger partial charge in [-0.05, 0) is 19.3 Å². The van der Waals surface area contributed by atoms with Crippen LogP contribution in [0.3, 0.4) is 0 Å². The lowest BCUT2D eigenvalue weighted by atomic mass is 10.1. The van der Waals surface area contributed by atoms with Crippen molar-refractivity contribution in [3.05, 3.63) is 0 Å². The van der Waals surface area contributed by atoms with E-state index in [0.717, 1.165) is 6.42 Å². The summed E-state index contributed by atoms with van der Waals surface area (Å²) in [6, 6.07) is -0.0417. The molecule has 17 heavy (non-hydrogen) atoms. The number of hydrogen-bond donors (Lipinski definition) is 1. The predicted molar refractivity (Wildman–Crippen MR) is 71.1 cm³/mol. The van der Waals surface area contributed by atoms with Crippen molar-refractivity contribution in [3.8, 4) is 0 Å². The van der Waals surface area contributed by atoms with Crippen molar-refractivity contribution in [2.24, 2.45) is 5.92 Å². The molecule has 4 unspecified atom stereocenters. The van der Waals surface area contributed by atoms with Crippen LogP contribution in [0.1, 0.15) is 34.1 Å². The van der Waals surface area contributed by atoms with Crippen molar-refractivity contribution in [3.63, 3.8) is 0 Å². The molecule has 4 nitrogen and oxygen atoms in total. The number of amides is 1. The highest BCUT2D eigenvalue weighted by molar-refractivity contribution is 7.84. The number of rotatable bonds is 5. The Kier molecular flexibility index (Phi) is 5.13. The Morgan fingerprint density at radius 2 is 2.00 bits per heavy atom. The van der Waals surface area contributed by atoms with Crippen molar-refractivity contribution in [1.82, 2.24) is 10.2 Å². The van der Waals surface area contributed by atoms with Crippen molar-refractivity contribution in [2.45, 2.75) is 52.4 Å². The van der Waals surface area contributed by atoms with E-state index in [0.29, 0.717) is 11.7 Å². The first-order valence-electron chi connectivity index (χ1n) is 6.26. The van der Waals surface area contributed by atoms with Gasteiger partial charge < -0.3 is 4.90 Å². The molecule has 0 aromatic carbocycles. The van der Waals surface area contributed by atoms with E-state index >= 15 is 0 Å². The fourth-order valence-electron chi connectivity index (χ4n) is 2.39. The molecule has 0 bridgehead atoms. The van der Waals surface area contributed by atoms with E-state index in [1.165, 1.54) is 0 Å². The van der Waals surface area contributed by atoms with Gasteiger partial charge in [0, 0.05) is 28.9 Å². The lowest BCUT2D eigenvalue weighted by molar-refractivity contribution is -0.132. The van der Waals surface area contributed by atoms with Gasteiger partial charge in [-0.25, -0.2) is 0 Å².